The highest BCUT2D eigenvalue weighted by Gasteiger charge is 2.31. The number of rotatable bonds is 13. The van der Waals surface area contributed by atoms with E-state index in [1.54, 1.807) is 24.3 Å². The zero-order chi connectivity index (χ0) is 42.1. The molecule has 2 fully saturated rings. The van der Waals surface area contributed by atoms with Crippen molar-refractivity contribution in [2.24, 2.45) is 11.8 Å². The fraction of sp³-hybridized carbons (Fsp3) is 0.489. The number of amides is 4. The third-order valence-electron chi connectivity index (χ3n) is 11.4. The smallest absolute Gasteiger partial charge is 0.407 e. The first kappa shape index (κ1) is 43.0. The van der Waals surface area contributed by atoms with Crippen molar-refractivity contribution in [3.63, 3.8) is 0 Å². The number of nitrogens with zero attached hydrogens (tertiary/aromatic N) is 4. The number of tetrazole rings is 1. The lowest BCUT2D eigenvalue weighted by Gasteiger charge is -2.33. The zero-order valence-electron chi connectivity index (χ0n) is 35.1. The Balaban J connectivity index is 1.11. The van der Waals surface area contributed by atoms with Gasteiger partial charge in [0.15, 0.2) is 0 Å². The number of aryl methyl sites for hydroxylation is 1. The summed E-state index contributed by atoms with van der Waals surface area (Å²) in [5.41, 5.74) is 5.11. The van der Waals surface area contributed by atoms with Crippen LogP contribution >= 0.6 is 0 Å². The third kappa shape index (κ3) is 12.4. The molecule has 6 rings (SSSR count). The average molecular weight is 806 g/mol. The molecule has 0 radical (unpaired) electrons. The van der Waals surface area contributed by atoms with Crippen LogP contribution in [-0.4, -0.2) is 93.7 Å². The summed E-state index contributed by atoms with van der Waals surface area (Å²) in [6.45, 7) is 7.97. The Labute approximate surface area is 347 Å². The first-order valence-electron chi connectivity index (χ1n) is 20.8. The van der Waals surface area contributed by atoms with E-state index in [1.807, 2.05) is 64.1 Å². The predicted octanol–water partition coefficient (Wildman–Crippen LogP) is 6.44. The largest absolute Gasteiger partial charge is 0.444 e. The number of nitrogens with one attached hydrogen (secondary N) is 5. The molecule has 0 saturated heterocycles. The van der Waals surface area contributed by atoms with Crippen molar-refractivity contribution in [1.82, 2.24) is 41.5 Å². The summed E-state index contributed by atoms with van der Waals surface area (Å²) >= 11 is 0. The molecule has 4 amide bonds. The van der Waals surface area contributed by atoms with Crippen LogP contribution in [0.2, 0.25) is 0 Å². The van der Waals surface area contributed by atoms with Crippen LogP contribution in [0.3, 0.4) is 0 Å². The third-order valence-corrected chi connectivity index (χ3v) is 11.4. The fourth-order valence-electron chi connectivity index (χ4n) is 8.04. The van der Waals surface area contributed by atoms with Gasteiger partial charge < -0.3 is 30.9 Å². The van der Waals surface area contributed by atoms with Crippen molar-refractivity contribution in [1.29, 1.82) is 0 Å². The molecule has 14 heteroatoms. The number of aromatic nitrogens is 4. The predicted molar refractivity (Wildman–Crippen MR) is 227 cm³/mol. The van der Waals surface area contributed by atoms with E-state index in [1.165, 1.54) is 0 Å². The van der Waals surface area contributed by atoms with Gasteiger partial charge in [-0.3, -0.25) is 14.4 Å². The normalized spacial score (nSPS) is 20.0. The van der Waals surface area contributed by atoms with Gasteiger partial charge in [-0.05, 0) is 163 Å². The molecule has 2 aliphatic rings. The lowest BCUT2D eigenvalue weighted by atomic mass is 9.81. The minimum Gasteiger partial charge on any atom is -0.444 e. The van der Waals surface area contributed by atoms with Crippen LogP contribution in [0.4, 0.5) is 10.5 Å². The molecule has 3 aromatic carbocycles. The van der Waals surface area contributed by atoms with Crippen molar-refractivity contribution in [3.8, 4) is 22.5 Å². The number of carbonyl (C=O) groups excluding carboxylic acids is 4. The van der Waals surface area contributed by atoms with E-state index < -0.39 is 17.7 Å². The van der Waals surface area contributed by atoms with Gasteiger partial charge in [0, 0.05) is 47.8 Å². The standard InChI is InChI=1S/C45H59N9O5/c1-28-23-34(26-35(24-28)42(56)47-37-19-21-38(22-20-37)54(5)6)31-11-7-29(8-12-31)25-39(43(57)48-36-17-15-32(16-18-36)40-50-52-53-51-40)49-41(55)33-13-9-30(10-14-33)27-46-44(58)59-45(2,3)4/h7-8,11-12,15-18,23-24,26,30,33,37-39H,9-10,13-14,19-22,25,27H2,1-6H3,(H,46,58)(H,47,56)(H,48,57)(H,49,55)(H,50,51,52,53)/t30-,33-,37?,38?,39-/m0/s1. The van der Waals surface area contributed by atoms with Gasteiger partial charge in [0.2, 0.25) is 17.6 Å². The topological polar surface area (TPSA) is 183 Å². The maximum Gasteiger partial charge on any atom is 0.407 e. The number of hydrogen-bond donors (Lipinski definition) is 5. The molecule has 14 nitrogen and oxygen atoms in total. The molecule has 1 aromatic heterocycles. The molecule has 0 aliphatic heterocycles. The highest BCUT2D eigenvalue weighted by Crippen LogP contribution is 2.30. The van der Waals surface area contributed by atoms with Crippen molar-refractivity contribution in [3.05, 3.63) is 83.4 Å². The fourth-order valence-corrected chi connectivity index (χ4v) is 8.04. The molecule has 2 aliphatic carbocycles. The molecule has 1 atom stereocenters. The van der Waals surface area contributed by atoms with Gasteiger partial charge in [-0.25, -0.2) is 4.79 Å². The minimum atomic E-state index is -0.848. The molecule has 59 heavy (non-hydrogen) atoms. The summed E-state index contributed by atoms with van der Waals surface area (Å²) in [4.78, 5) is 55.5. The van der Waals surface area contributed by atoms with E-state index in [0.29, 0.717) is 42.5 Å². The Morgan fingerprint density at radius 1 is 0.847 bits per heavy atom. The van der Waals surface area contributed by atoms with E-state index in [9.17, 15) is 19.2 Å². The Kier molecular flexibility index (Phi) is 14.1. The first-order chi connectivity index (χ1) is 28.2. The molecule has 0 spiro atoms. The van der Waals surface area contributed by atoms with Crippen LogP contribution in [0.15, 0.2) is 66.7 Å². The van der Waals surface area contributed by atoms with E-state index in [-0.39, 0.29) is 42.0 Å². The number of carbonyl (C=O) groups is 4. The second-order valence-corrected chi connectivity index (χ2v) is 17.4. The zero-order valence-corrected chi connectivity index (χ0v) is 35.1. The lowest BCUT2D eigenvalue weighted by molar-refractivity contribution is -0.130. The van der Waals surface area contributed by atoms with Gasteiger partial charge in [0.05, 0.1) is 0 Å². The van der Waals surface area contributed by atoms with Crippen molar-refractivity contribution < 1.29 is 23.9 Å². The molecule has 4 aromatic rings. The molecular weight excluding hydrogens is 747 g/mol. The molecule has 5 N–H and O–H groups in total. The highest BCUT2D eigenvalue weighted by molar-refractivity contribution is 5.98. The Morgan fingerprint density at radius 3 is 2.15 bits per heavy atom. The molecular formula is C45H59N9O5. The Hall–Kier alpha value is -5.63. The van der Waals surface area contributed by atoms with Gasteiger partial charge in [-0.1, -0.05) is 30.3 Å². The minimum absolute atomic E-state index is 0.0557. The summed E-state index contributed by atoms with van der Waals surface area (Å²) in [5.74, 6) is -0.125. The summed E-state index contributed by atoms with van der Waals surface area (Å²) in [7, 11) is 4.23. The monoisotopic (exact) mass is 805 g/mol. The maximum atomic E-state index is 13.9. The number of anilines is 1. The Bertz CT molecular complexity index is 2030. The summed E-state index contributed by atoms with van der Waals surface area (Å²) < 4.78 is 5.37. The van der Waals surface area contributed by atoms with Crippen LogP contribution in [0.1, 0.15) is 93.6 Å². The second kappa shape index (κ2) is 19.4. The number of hydrogen-bond acceptors (Lipinski definition) is 9. The first-order valence-corrected chi connectivity index (χ1v) is 20.8. The van der Waals surface area contributed by atoms with Gasteiger partial charge in [0.25, 0.3) is 5.91 Å². The van der Waals surface area contributed by atoms with E-state index in [0.717, 1.165) is 66.3 Å². The Morgan fingerprint density at radius 2 is 1.53 bits per heavy atom. The van der Waals surface area contributed by atoms with Crippen LogP contribution in [0.5, 0.6) is 0 Å². The summed E-state index contributed by atoms with van der Waals surface area (Å²) in [5, 5.41) is 26.2. The van der Waals surface area contributed by atoms with Crippen LogP contribution in [-0.2, 0) is 20.7 Å². The van der Waals surface area contributed by atoms with E-state index >= 15 is 0 Å². The molecule has 2 saturated carbocycles. The van der Waals surface area contributed by atoms with Gasteiger partial charge in [-0.2, -0.15) is 5.21 Å². The SMILES string of the molecule is Cc1cc(C(=O)NC2CCC(N(C)C)CC2)cc(-c2ccc(C[C@H](NC(=O)[C@H]3CC[C@H](CNC(=O)OC(C)(C)C)CC3)C(=O)Nc3ccc(-c4nn[nH]n4)cc3)cc2)c1. The number of alkyl carbamates (subject to hydrolysis) is 1. The van der Waals surface area contributed by atoms with Gasteiger partial charge >= 0.3 is 6.09 Å². The number of H-pyrrole nitrogens is 1. The summed E-state index contributed by atoms with van der Waals surface area (Å²) in [6.07, 6.45) is 6.77. The molecule has 0 bridgehead atoms. The summed E-state index contributed by atoms with van der Waals surface area (Å²) in [6, 6.07) is 20.8. The van der Waals surface area contributed by atoms with Crippen LogP contribution in [0, 0.1) is 18.8 Å². The van der Waals surface area contributed by atoms with E-state index in [2.05, 4.69) is 67.0 Å². The lowest BCUT2D eigenvalue weighted by Crippen LogP contribution is -2.48. The van der Waals surface area contributed by atoms with Gasteiger partial charge in [0.1, 0.15) is 11.6 Å². The van der Waals surface area contributed by atoms with Crippen molar-refractivity contribution in [2.45, 2.75) is 109 Å². The van der Waals surface area contributed by atoms with Crippen molar-refractivity contribution >= 4 is 29.5 Å². The van der Waals surface area contributed by atoms with E-state index in [4.69, 9.17) is 4.74 Å². The molecule has 0 unspecified atom stereocenters. The number of benzene rings is 3. The highest BCUT2D eigenvalue weighted by atomic mass is 16.6. The molecule has 1 heterocycles. The molecule has 314 valence electrons. The maximum absolute atomic E-state index is 13.9. The number of ether oxygens (including phenoxy) is 1. The van der Waals surface area contributed by atoms with Crippen LogP contribution in [0.25, 0.3) is 22.5 Å². The van der Waals surface area contributed by atoms with Crippen LogP contribution < -0.4 is 21.3 Å². The van der Waals surface area contributed by atoms with Crippen molar-refractivity contribution in [2.75, 3.05) is 26.0 Å². The number of aromatic amines is 1. The second-order valence-electron chi connectivity index (χ2n) is 17.4. The quantitative estimate of drug-likeness (QED) is 0.102. The van der Waals surface area contributed by atoms with Gasteiger partial charge in [-0.15, -0.1) is 10.2 Å². The average Bonchev–Trinajstić information content (AvgIpc) is 3.75.